The predicted molar refractivity (Wildman–Crippen MR) is 94.3 cm³/mol. The molecule has 3 rings (SSSR count). The molecule has 2 aromatic heterocycles. The molecule has 21 heavy (non-hydrogen) atoms. The fourth-order valence-corrected chi connectivity index (χ4v) is 4.40. The maximum absolute atomic E-state index is 6.07. The van der Waals surface area contributed by atoms with Crippen molar-refractivity contribution in [3.05, 3.63) is 57.6 Å². The molecule has 0 amide bonds. The third-order valence-electron chi connectivity index (χ3n) is 3.92. The van der Waals surface area contributed by atoms with Gasteiger partial charge in [0.25, 0.3) is 0 Å². The van der Waals surface area contributed by atoms with E-state index in [1.165, 1.54) is 20.5 Å². The van der Waals surface area contributed by atoms with Gasteiger partial charge < -0.3 is 5.73 Å². The van der Waals surface area contributed by atoms with E-state index in [1.807, 2.05) is 22.7 Å². The van der Waals surface area contributed by atoms with E-state index in [9.17, 15) is 0 Å². The van der Waals surface area contributed by atoms with Gasteiger partial charge in [0.05, 0.1) is 0 Å². The van der Waals surface area contributed by atoms with Crippen LogP contribution in [0.2, 0.25) is 0 Å². The summed E-state index contributed by atoms with van der Waals surface area (Å²) in [4.78, 5) is 3.82. The van der Waals surface area contributed by atoms with Crippen molar-refractivity contribution in [2.45, 2.75) is 12.5 Å². The van der Waals surface area contributed by atoms with Crippen molar-refractivity contribution in [1.82, 2.24) is 4.90 Å². The van der Waals surface area contributed by atoms with Gasteiger partial charge in [0, 0.05) is 28.7 Å². The molecule has 0 aliphatic rings. The number of benzene rings is 1. The van der Waals surface area contributed by atoms with Crippen molar-refractivity contribution >= 4 is 32.8 Å². The Hall–Kier alpha value is -1.20. The lowest BCUT2D eigenvalue weighted by Crippen LogP contribution is -2.31. The van der Waals surface area contributed by atoms with Crippen molar-refractivity contribution in [1.29, 1.82) is 0 Å². The van der Waals surface area contributed by atoms with Gasteiger partial charge in [-0.1, -0.05) is 24.3 Å². The second-order valence-corrected chi connectivity index (χ2v) is 7.19. The van der Waals surface area contributed by atoms with Gasteiger partial charge in [-0.25, -0.2) is 0 Å². The number of rotatable bonds is 6. The average molecular weight is 316 g/mol. The van der Waals surface area contributed by atoms with Gasteiger partial charge in [-0.2, -0.15) is 0 Å². The third kappa shape index (κ3) is 3.19. The quantitative estimate of drug-likeness (QED) is 0.740. The summed E-state index contributed by atoms with van der Waals surface area (Å²) >= 11 is 3.64. The second kappa shape index (κ2) is 6.71. The third-order valence-corrected chi connectivity index (χ3v) is 5.83. The van der Waals surface area contributed by atoms with Crippen LogP contribution in [-0.4, -0.2) is 25.0 Å². The summed E-state index contributed by atoms with van der Waals surface area (Å²) in [6, 6.07) is 13.2. The molecule has 1 aromatic carbocycles. The Labute approximate surface area is 133 Å². The van der Waals surface area contributed by atoms with E-state index in [0.717, 1.165) is 13.0 Å². The molecule has 0 spiro atoms. The van der Waals surface area contributed by atoms with Crippen molar-refractivity contribution < 1.29 is 0 Å². The molecule has 0 saturated carbocycles. The molecule has 110 valence electrons. The molecule has 0 radical (unpaired) electrons. The number of likely N-dealkylation sites (N-methyl/N-ethyl adjacent to an activating group) is 1. The van der Waals surface area contributed by atoms with Crippen molar-refractivity contribution in [2.75, 3.05) is 20.1 Å². The van der Waals surface area contributed by atoms with Gasteiger partial charge in [-0.05, 0) is 47.3 Å². The van der Waals surface area contributed by atoms with Gasteiger partial charge in [0.1, 0.15) is 0 Å². The minimum absolute atomic E-state index is 0.293. The number of fused-ring (bicyclic) bond motifs is 1. The first-order valence-electron chi connectivity index (χ1n) is 7.18. The molecule has 3 aromatic rings. The summed E-state index contributed by atoms with van der Waals surface area (Å²) in [7, 11) is 2.18. The zero-order valence-electron chi connectivity index (χ0n) is 12.2. The van der Waals surface area contributed by atoms with Gasteiger partial charge in [-0.3, -0.25) is 4.90 Å². The fraction of sp³-hybridized carbons (Fsp3) is 0.294. The van der Waals surface area contributed by atoms with Crippen LogP contribution in [0.3, 0.4) is 0 Å². The number of nitrogens with zero attached hydrogens (tertiary/aromatic N) is 1. The summed E-state index contributed by atoms with van der Waals surface area (Å²) in [5.41, 5.74) is 7.44. The zero-order valence-corrected chi connectivity index (χ0v) is 13.8. The van der Waals surface area contributed by atoms with E-state index < -0.39 is 0 Å². The topological polar surface area (TPSA) is 29.3 Å². The van der Waals surface area contributed by atoms with Crippen LogP contribution in [0, 0.1) is 0 Å². The van der Waals surface area contributed by atoms with Gasteiger partial charge in [-0.15, -0.1) is 22.7 Å². The molecule has 0 aliphatic heterocycles. The summed E-state index contributed by atoms with van der Waals surface area (Å²) < 4.78 is 1.35. The summed E-state index contributed by atoms with van der Waals surface area (Å²) in [6.45, 7) is 1.69. The van der Waals surface area contributed by atoms with Gasteiger partial charge in [0.2, 0.25) is 0 Å². The van der Waals surface area contributed by atoms with Crippen molar-refractivity contribution in [2.24, 2.45) is 5.73 Å². The highest BCUT2D eigenvalue weighted by molar-refractivity contribution is 7.17. The minimum Gasteiger partial charge on any atom is -0.329 e. The van der Waals surface area contributed by atoms with Gasteiger partial charge in [0.15, 0.2) is 0 Å². The van der Waals surface area contributed by atoms with Crippen LogP contribution in [0.1, 0.15) is 16.5 Å². The molecule has 0 bridgehead atoms. The highest BCUT2D eigenvalue weighted by Gasteiger charge is 2.18. The van der Waals surface area contributed by atoms with E-state index in [0.29, 0.717) is 12.6 Å². The summed E-state index contributed by atoms with van der Waals surface area (Å²) in [6.07, 6.45) is 1.09. The predicted octanol–water partition coefficient (Wildman–Crippen LogP) is 4.14. The van der Waals surface area contributed by atoms with E-state index in [-0.39, 0.29) is 0 Å². The maximum Gasteiger partial charge on any atom is 0.0481 e. The van der Waals surface area contributed by atoms with Crippen LogP contribution in [0.4, 0.5) is 0 Å². The first-order chi connectivity index (χ1) is 10.3. The molecule has 4 heteroatoms. The molecule has 2 N–H and O–H groups in total. The molecule has 2 heterocycles. The molecule has 0 aliphatic carbocycles. The molecular formula is C17H20N2S2. The van der Waals surface area contributed by atoms with E-state index >= 15 is 0 Å². The maximum atomic E-state index is 6.07. The van der Waals surface area contributed by atoms with Gasteiger partial charge >= 0.3 is 0 Å². The molecule has 2 nitrogen and oxygen atoms in total. The van der Waals surface area contributed by atoms with Crippen LogP contribution >= 0.6 is 22.7 Å². The number of hydrogen-bond donors (Lipinski definition) is 1. The molecular weight excluding hydrogens is 296 g/mol. The van der Waals surface area contributed by atoms with Crippen LogP contribution < -0.4 is 5.73 Å². The standard InChI is InChI=1S/C17H20N2S2/c1-19(9-8-13-5-4-10-20-13)16(11-18)15-12-21-17-7-3-2-6-14(15)17/h2-7,10,12,16H,8-9,11,18H2,1H3. The Morgan fingerprint density at radius 2 is 2.00 bits per heavy atom. The van der Waals surface area contributed by atoms with Crippen molar-refractivity contribution in [3.63, 3.8) is 0 Å². The number of hydrogen-bond acceptors (Lipinski definition) is 4. The van der Waals surface area contributed by atoms with Crippen LogP contribution in [0.25, 0.3) is 10.1 Å². The summed E-state index contributed by atoms with van der Waals surface area (Å²) in [5, 5.41) is 5.76. The van der Waals surface area contributed by atoms with E-state index in [1.54, 1.807) is 0 Å². The van der Waals surface area contributed by atoms with Crippen LogP contribution in [0.15, 0.2) is 47.2 Å². The Morgan fingerprint density at radius 3 is 2.76 bits per heavy atom. The lowest BCUT2D eigenvalue weighted by Gasteiger charge is -2.26. The Kier molecular flexibility index (Phi) is 4.70. The van der Waals surface area contributed by atoms with Crippen molar-refractivity contribution in [3.8, 4) is 0 Å². The first kappa shape index (κ1) is 14.7. The highest BCUT2D eigenvalue weighted by Crippen LogP contribution is 2.32. The number of thiophene rings is 2. The molecule has 0 saturated heterocycles. The Morgan fingerprint density at radius 1 is 1.14 bits per heavy atom. The fourth-order valence-electron chi connectivity index (χ4n) is 2.70. The minimum atomic E-state index is 0.293. The largest absolute Gasteiger partial charge is 0.329 e. The Bertz CT molecular complexity index is 688. The van der Waals surface area contributed by atoms with Crippen LogP contribution in [-0.2, 0) is 6.42 Å². The normalized spacial score (nSPS) is 13.1. The lowest BCUT2D eigenvalue weighted by molar-refractivity contribution is 0.255. The SMILES string of the molecule is CN(CCc1cccs1)C(CN)c1csc2ccccc12. The molecule has 1 atom stereocenters. The molecule has 0 fully saturated rings. The van der Waals surface area contributed by atoms with Crippen LogP contribution in [0.5, 0.6) is 0 Å². The number of nitrogens with two attached hydrogens (primary N) is 1. The average Bonchev–Trinajstić information content (AvgIpc) is 3.16. The smallest absolute Gasteiger partial charge is 0.0481 e. The Balaban J connectivity index is 1.77. The monoisotopic (exact) mass is 316 g/mol. The second-order valence-electron chi connectivity index (χ2n) is 5.25. The molecule has 1 unspecified atom stereocenters. The van der Waals surface area contributed by atoms with E-state index in [2.05, 4.69) is 59.1 Å². The van der Waals surface area contributed by atoms with E-state index in [4.69, 9.17) is 5.73 Å². The first-order valence-corrected chi connectivity index (χ1v) is 8.94. The summed E-state index contributed by atoms with van der Waals surface area (Å²) in [5.74, 6) is 0. The lowest BCUT2D eigenvalue weighted by atomic mass is 10.0. The highest BCUT2D eigenvalue weighted by atomic mass is 32.1. The zero-order chi connectivity index (χ0) is 14.7.